The fraction of sp³-hybridized carbons (Fsp3) is 0.269. The number of amidine groups is 1. The second-order valence-corrected chi connectivity index (χ2v) is 8.63. The monoisotopic (exact) mass is 435 g/mol. The van der Waals surface area contributed by atoms with E-state index in [0.29, 0.717) is 30.5 Å². The number of carbonyl (C=O) groups excluding carboxylic acids is 2. The lowest BCUT2D eigenvalue weighted by molar-refractivity contribution is -0.124. The summed E-state index contributed by atoms with van der Waals surface area (Å²) >= 11 is 0. The Morgan fingerprint density at radius 3 is 2.36 bits per heavy atom. The fourth-order valence-electron chi connectivity index (χ4n) is 5.72. The van der Waals surface area contributed by atoms with E-state index < -0.39 is 29.1 Å². The van der Waals surface area contributed by atoms with Crippen LogP contribution in [0.1, 0.15) is 29.6 Å². The Morgan fingerprint density at radius 2 is 1.73 bits per heavy atom. The molecule has 5 rings (SSSR count). The molecule has 2 N–H and O–H groups in total. The second kappa shape index (κ2) is 7.72. The van der Waals surface area contributed by atoms with Crippen molar-refractivity contribution in [3.8, 4) is 12.1 Å². The SMILES string of the molecule is N#CC1=C(N)N=C2N(c3ccccc3)C(=O)[C@@H](C(=O)c3ccccc3)[C@@H]3CCC[C@H]1[C@@]23C#N. The summed E-state index contributed by atoms with van der Waals surface area (Å²) in [4.78, 5) is 33.6. The summed E-state index contributed by atoms with van der Waals surface area (Å²) < 4.78 is 0. The van der Waals surface area contributed by atoms with E-state index >= 15 is 0 Å². The molecule has 7 nitrogen and oxygen atoms in total. The van der Waals surface area contributed by atoms with Gasteiger partial charge in [-0.25, -0.2) is 4.99 Å². The number of nitrogens with zero attached hydrogens (tertiary/aromatic N) is 4. The van der Waals surface area contributed by atoms with E-state index in [1.807, 2.05) is 12.1 Å². The Kier molecular flexibility index (Phi) is 4.83. The van der Waals surface area contributed by atoms with Crippen LogP contribution in [-0.4, -0.2) is 17.5 Å². The normalized spacial score (nSPS) is 28.3. The van der Waals surface area contributed by atoms with Crippen molar-refractivity contribution in [2.24, 2.45) is 33.9 Å². The third-order valence-corrected chi connectivity index (χ3v) is 7.12. The lowest BCUT2D eigenvalue weighted by Gasteiger charge is -2.54. The van der Waals surface area contributed by atoms with Crippen LogP contribution in [0.25, 0.3) is 0 Å². The number of ketones is 1. The van der Waals surface area contributed by atoms with Gasteiger partial charge in [0.15, 0.2) is 5.78 Å². The molecule has 2 heterocycles. The number of allylic oxidation sites excluding steroid dienone is 1. The molecular formula is C26H21N5O2. The molecule has 33 heavy (non-hydrogen) atoms. The molecule has 2 aliphatic heterocycles. The van der Waals surface area contributed by atoms with Gasteiger partial charge in [0.25, 0.3) is 0 Å². The number of Topliss-reactive ketones (excluding diaryl/α,β-unsaturated/α-hetero) is 1. The average molecular weight is 435 g/mol. The first-order valence-electron chi connectivity index (χ1n) is 10.9. The van der Waals surface area contributed by atoms with E-state index in [-0.39, 0.29) is 23.0 Å². The van der Waals surface area contributed by atoms with E-state index in [2.05, 4.69) is 17.1 Å². The first-order valence-corrected chi connectivity index (χ1v) is 10.9. The number of anilines is 1. The van der Waals surface area contributed by atoms with Crippen molar-refractivity contribution in [3.63, 3.8) is 0 Å². The van der Waals surface area contributed by atoms with Gasteiger partial charge in [-0.2, -0.15) is 10.5 Å². The van der Waals surface area contributed by atoms with E-state index in [4.69, 9.17) is 5.73 Å². The minimum atomic E-state index is -1.30. The molecule has 0 aromatic heterocycles. The lowest BCUT2D eigenvalue weighted by Crippen LogP contribution is -2.66. The second-order valence-electron chi connectivity index (χ2n) is 8.63. The van der Waals surface area contributed by atoms with Crippen molar-refractivity contribution in [3.05, 3.63) is 77.6 Å². The largest absolute Gasteiger partial charge is 0.383 e. The maximum absolute atomic E-state index is 14.0. The molecule has 7 heteroatoms. The van der Waals surface area contributed by atoms with Crippen LogP contribution in [0.2, 0.25) is 0 Å². The number of para-hydroxylation sites is 1. The van der Waals surface area contributed by atoms with Gasteiger partial charge in [0, 0.05) is 17.4 Å². The summed E-state index contributed by atoms with van der Waals surface area (Å²) in [6.07, 6.45) is 1.76. The Labute approximate surface area is 191 Å². The third kappa shape index (κ3) is 2.83. The number of benzene rings is 2. The fourth-order valence-corrected chi connectivity index (χ4v) is 5.72. The quantitative estimate of drug-likeness (QED) is 0.583. The van der Waals surface area contributed by atoms with Crippen LogP contribution in [-0.2, 0) is 4.79 Å². The predicted molar refractivity (Wildman–Crippen MR) is 121 cm³/mol. The number of carbonyl (C=O) groups is 2. The maximum atomic E-state index is 14.0. The van der Waals surface area contributed by atoms with Crippen molar-refractivity contribution in [2.45, 2.75) is 19.3 Å². The summed E-state index contributed by atoms with van der Waals surface area (Å²) in [5, 5.41) is 20.5. The van der Waals surface area contributed by atoms with Gasteiger partial charge >= 0.3 is 0 Å². The van der Waals surface area contributed by atoms with Crippen molar-refractivity contribution in [1.82, 2.24) is 0 Å². The van der Waals surface area contributed by atoms with Crippen LogP contribution in [0, 0.1) is 45.8 Å². The Hall–Kier alpha value is -4.23. The molecule has 2 aromatic carbocycles. The molecule has 4 atom stereocenters. The van der Waals surface area contributed by atoms with Crippen molar-refractivity contribution >= 4 is 23.2 Å². The molecule has 1 saturated carbocycles. The first kappa shape index (κ1) is 20.7. The van der Waals surface area contributed by atoms with Gasteiger partial charge in [-0.3, -0.25) is 14.5 Å². The zero-order valence-electron chi connectivity index (χ0n) is 17.8. The van der Waals surface area contributed by atoms with Crippen LogP contribution in [0.3, 0.4) is 0 Å². The van der Waals surface area contributed by atoms with Crippen LogP contribution in [0.15, 0.2) is 77.1 Å². The van der Waals surface area contributed by atoms with Crippen LogP contribution in [0.4, 0.5) is 5.69 Å². The number of nitrogens with two attached hydrogens (primary N) is 1. The highest BCUT2D eigenvalue weighted by Gasteiger charge is 2.65. The van der Waals surface area contributed by atoms with Crippen LogP contribution in [0.5, 0.6) is 0 Å². The van der Waals surface area contributed by atoms with E-state index in [1.54, 1.807) is 48.5 Å². The Bertz CT molecular complexity index is 1290. The van der Waals surface area contributed by atoms with Gasteiger partial charge in [-0.05, 0) is 25.0 Å². The Morgan fingerprint density at radius 1 is 1.06 bits per heavy atom. The van der Waals surface area contributed by atoms with Crippen molar-refractivity contribution in [2.75, 3.05) is 4.90 Å². The molecule has 162 valence electrons. The molecule has 1 amide bonds. The molecule has 0 unspecified atom stereocenters. The highest BCUT2D eigenvalue weighted by molar-refractivity contribution is 6.29. The van der Waals surface area contributed by atoms with Crippen LogP contribution >= 0.6 is 0 Å². The van der Waals surface area contributed by atoms with E-state index in [0.717, 1.165) is 0 Å². The minimum absolute atomic E-state index is 0.0330. The number of rotatable bonds is 3. The number of amides is 1. The van der Waals surface area contributed by atoms with E-state index in [1.165, 1.54) is 4.90 Å². The summed E-state index contributed by atoms with van der Waals surface area (Å²) in [5.41, 5.74) is 6.07. The van der Waals surface area contributed by atoms with Gasteiger partial charge in [0.1, 0.15) is 23.0 Å². The van der Waals surface area contributed by atoms with Crippen molar-refractivity contribution in [1.29, 1.82) is 10.5 Å². The Balaban J connectivity index is 1.78. The summed E-state index contributed by atoms with van der Waals surface area (Å²) in [6, 6.07) is 22.2. The summed E-state index contributed by atoms with van der Waals surface area (Å²) in [7, 11) is 0. The van der Waals surface area contributed by atoms with Crippen LogP contribution < -0.4 is 10.6 Å². The molecule has 0 bridgehead atoms. The van der Waals surface area contributed by atoms with Gasteiger partial charge < -0.3 is 5.73 Å². The number of hydrogen-bond donors (Lipinski definition) is 1. The smallest absolute Gasteiger partial charge is 0.243 e. The molecule has 1 saturated heterocycles. The van der Waals surface area contributed by atoms with E-state index in [9.17, 15) is 20.1 Å². The highest BCUT2D eigenvalue weighted by Crippen LogP contribution is 2.58. The zero-order chi connectivity index (χ0) is 23.2. The summed E-state index contributed by atoms with van der Waals surface area (Å²) in [6.45, 7) is 0. The molecule has 1 aliphatic carbocycles. The number of nitriles is 2. The predicted octanol–water partition coefficient (Wildman–Crippen LogP) is 3.56. The van der Waals surface area contributed by atoms with Gasteiger partial charge in [0.05, 0.1) is 23.4 Å². The molecule has 0 spiro atoms. The lowest BCUT2D eigenvalue weighted by atomic mass is 9.51. The maximum Gasteiger partial charge on any atom is 0.243 e. The minimum Gasteiger partial charge on any atom is -0.383 e. The molecule has 0 radical (unpaired) electrons. The molecular weight excluding hydrogens is 414 g/mol. The zero-order valence-corrected chi connectivity index (χ0v) is 17.8. The molecule has 2 fully saturated rings. The summed E-state index contributed by atoms with van der Waals surface area (Å²) in [5.74, 6) is -2.66. The molecule has 2 aromatic rings. The van der Waals surface area contributed by atoms with Gasteiger partial charge in [-0.15, -0.1) is 0 Å². The third-order valence-electron chi connectivity index (χ3n) is 7.12. The van der Waals surface area contributed by atoms with Gasteiger partial charge in [0.2, 0.25) is 5.91 Å². The standard InChI is InChI=1S/C26H21N5O2/c27-14-18-19-12-7-13-20-21(22(32)16-8-3-1-4-9-16)24(33)31(17-10-5-2-6-11-17)25(30-23(18)29)26(19,20)15-28/h1-6,8-11,19-21H,7,12-13,29H2/t19-,20+,21-,26-/m1/s1. The first-order chi connectivity index (χ1) is 16.0. The van der Waals surface area contributed by atoms with Gasteiger partial charge in [-0.1, -0.05) is 55.0 Å². The number of aliphatic imine (C=N–C) groups is 1. The number of piperidine rings is 1. The number of hydrogen-bond acceptors (Lipinski definition) is 6. The molecule has 3 aliphatic rings. The average Bonchev–Trinajstić information content (AvgIpc) is 2.85. The highest BCUT2D eigenvalue weighted by atomic mass is 16.2. The van der Waals surface area contributed by atoms with Crippen molar-refractivity contribution < 1.29 is 9.59 Å². The topological polar surface area (TPSA) is 123 Å².